The van der Waals surface area contributed by atoms with Crippen LogP contribution in [-0.4, -0.2) is 5.78 Å². The van der Waals surface area contributed by atoms with Gasteiger partial charge in [0.25, 0.3) is 0 Å². The molecule has 0 radical (unpaired) electrons. The molecule has 0 bridgehead atoms. The van der Waals surface area contributed by atoms with E-state index in [-0.39, 0.29) is 11.3 Å². The molecule has 0 amide bonds. The summed E-state index contributed by atoms with van der Waals surface area (Å²) in [5.74, 6) is -0.576. The molecule has 0 saturated heterocycles. The van der Waals surface area contributed by atoms with E-state index >= 15 is 0 Å². The molecule has 0 aliphatic carbocycles. The first-order valence-corrected chi connectivity index (χ1v) is 6.42. The number of ketones is 1. The third kappa shape index (κ3) is 3.08. The van der Waals surface area contributed by atoms with Gasteiger partial charge in [0.15, 0.2) is 5.78 Å². The van der Waals surface area contributed by atoms with Crippen LogP contribution in [-0.2, 0) is 6.42 Å². The Morgan fingerprint density at radius 1 is 1.05 bits per heavy atom. The largest absolute Gasteiger partial charge is 0.294 e. The van der Waals surface area contributed by atoms with Crippen LogP contribution in [0.15, 0.2) is 42.5 Å². The highest BCUT2D eigenvalue weighted by molar-refractivity contribution is 5.96. The van der Waals surface area contributed by atoms with Gasteiger partial charge in [-0.3, -0.25) is 4.79 Å². The number of Topliss-reactive ketones (excluding diaryl/α,β-unsaturated/α-hetero) is 1. The summed E-state index contributed by atoms with van der Waals surface area (Å²) in [5.41, 5.74) is 3.78. The molecule has 1 nitrogen and oxygen atoms in total. The van der Waals surface area contributed by atoms with E-state index < -0.39 is 5.82 Å². The van der Waals surface area contributed by atoms with Crippen LogP contribution in [0.25, 0.3) is 0 Å². The molecule has 0 unspecified atom stereocenters. The lowest BCUT2D eigenvalue weighted by molar-refractivity contribution is 0.0979. The monoisotopic (exact) mass is 256 g/mol. The van der Waals surface area contributed by atoms with Crippen molar-refractivity contribution in [2.75, 3.05) is 0 Å². The van der Waals surface area contributed by atoms with Gasteiger partial charge in [-0.1, -0.05) is 30.3 Å². The molecule has 0 spiro atoms. The van der Waals surface area contributed by atoms with Gasteiger partial charge >= 0.3 is 0 Å². The van der Waals surface area contributed by atoms with Gasteiger partial charge in [0.2, 0.25) is 0 Å². The minimum Gasteiger partial charge on any atom is -0.294 e. The van der Waals surface area contributed by atoms with Crippen LogP contribution >= 0.6 is 0 Å². The average Bonchev–Trinajstić information content (AvgIpc) is 2.40. The Labute approximate surface area is 113 Å². The van der Waals surface area contributed by atoms with Crippen LogP contribution in [0.1, 0.15) is 33.5 Å². The fourth-order valence-electron chi connectivity index (χ4n) is 2.15. The normalized spacial score (nSPS) is 10.5. The number of aryl methyl sites for hydroxylation is 2. The van der Waals surface area contributed by atoms with Crippen LogP contribution in [0.3, 0.4) is 0 Å². The lowest BCUT2D eigenvalue weighted by Crippen LogP contribution is -2.04. The first kappa shape index (κ1) is 13.5. The van der Waals surface area contributed by atoms with E-state index in [1.165, 1.54) is 17.2 Å². The Balaban J connectivity index is 2.09. The zero-order chi connectivity index (χ0) is 13.8. The lowest BCUT2D eigenvalue weighted by Gasteiger charge is -2.08. The van der Waals surface area contributed by atoms with Crippen molar-refractivity contribution < 1.29 is 9.18 Å². The number of halogens is 1. The molecule has 19 heavy (non-hydrogen) atoms. The number of benzene rings is 2. The smallest absolute Gasteiger partial charge is 0.166 e. The molecule has 98 valence electrons. The molecule has 2 heteroatoms. The van der Waals surface area contributed by atoms with Crippen LogP contribution in [0.2, 0.25) is 0 Å². The molecule has 0 aromatic heterocycles. The third-order valence-electron chi connectivity index (χ3n) is 3.51. The molecule has 0 heterocycles. The van der Waals surface area contributed by atoms with E-state index in [2.05, 4.69) is 19.9 Å². The second kappa shape index (κ2) is 5.79. The minimum absolute atomic E-state index is 0.140. The van der Waals surface area contributed by atoms with E-state index in [9.17, 15) is 9.18 Å². The van der Waals surface area contributed by atoms with E-state index in [4.69, 9.17) is 0 Å². The second-order valence-corrected chi connectivity index (χ2v) is 4.76. The third-order valence-corrected chi connectivity index (χ3v) is 3.51. The van der Waals surface area contributed by atoms with Gasteiger partial charge in [0.1, 0.15) is 5.82 Å². The summed E-state index contributed by atoms with van der Waals surface area (Å²) >= 11 is 0. The van der Waals surface area contributed by atoms with Gasteiger partial charge in [0.05, 0.1) is 5.56 Å². The van der Waals surface area contributed by atoms with Crippen molar-refractivity contribution in [3.05, 3.63) is 70.5 Å². The molecule has 2 rings (SSSR count). The Bertz CT molecular complexity index is 602. The Morgan fingerprint density at radius 2 is 1.79 bits per heavy atom. The molecular weight excluding hydrogens is 239 g/mol. The van der Waals surface area contributed by atoms with Crippen molar-refractivity contribution in [1.82, 2.24) is 0 Å². The molecule has 0 aliphatic rings. The number of carbonyl (C=O) groups is 1. The van der Waals surface area contributed by atoms with Crippen molar-refractivity contribution in [3.8, 4) is 0 Å². The summed E-state index contributed by atoms with van der Waals surface area (Å²) in [6, 6.07) is 12.2. The first-order chi connectivity index (χ1) is 9.09. The van der Waals surface area contributed by atoms with E-state index in [0.717, 1.165) is 5.56 Å². The summed E-state index contributed by atoms with van der Waals surface area (Å²) in [5, 5.41) is 0. The maximum absolute atomic E-state index is 13.5. The van der Waals surface area contributed by atoms with Crippen molar-refractivity contribution in [2.45, 2.75) is 26.7 Å². The molecule has 0 atom stereocenters. The Hall–Kier alpha value is -1.96. The standard InChI is InChI=1S/C17H17FO/c1-12-6-5-7-14(13(12)2)10-11-17(19)15-8-3-4-9-16(15)18/h3-9H,10-11H2,1-2H3. The number of rotatable bonds is 4. The molecule has 0 fully saturated rings. The molecule has 0 saturated carbocycles. The molecule has 2 aromatic carbocycles. The molecule has 0 aliphatic heterocycles. The summed E-state index contributed by atoms with van der Waals surface area (Å²) in [6.07, 6.45) is 0.992. The highest BCUT2D eigenvalue weighted by Gasteiger charge is 2.11. The summed E-state index contributed by atoms with van der Waals surface area (Å²) in [7, 11) is 0. The van der Waals surface area contributed by atoms with Crippen molar-refractivity contribution in [2.24, 2.45) is 0 Å². The lowest BCUT2D eigenvalue weighted by atomic mass is 9.97. The predicted octanol–water partition coefficient (Wildman–Crippen LogP) is 4.26. The summed E-state index contributed by atoms with van der Waals surface area (Å²) < 4.78 is 13.5. The van der Waals surface area contributed by atoms with Gasteiger partial charge in [-0.25, -0.2) is 4.39 Å². The average molecular weight is 256 g/mol. The SMILES string of the molecule is Cc1cccc(CCC(=O)c2ccccc2F)c1C. The molecular formula is C17H17FO. The summed E-state index contributed by atoms with van der Waals surface area (Å²) in [4.78, 5) is 12.0. The zero-order valence-electron chi connectivity index (χ0n) is 11.2. The fourth-order valence-corrected chi connectivity index (χ4v) is 2.15. The number of hydrogen-bond acceptors (Lipinski definition) is 1. The van der Waals surface area contributed by atoms with Crippen molar-refractivity contribution in [3.63, 3.8) is 0 Å². The van der Waals surface area contributed by atoms with Crippen LogP contribution in [0.4, 0.5) is 4.39 Å². The van der Waals surface area contributed by atoms with E-state index in [0.29, 0.717) is 12.8 Å². The van der Waals surface area contributed by atoms with E-state index in [1.807, 2.05) is 12.1 Å². The topological polar surface area (TPSA) is 17.1 Å². The first-order valence-electron chi connectivity index (χ1n) is 6.42. The molecule has 0 N–H and O–H groups in total. The quantitative estimate of drug-likeness (QED) is 0.747. The zero-order valence-corrected chi connectivity index (χ0v) is 11.2. The Kier molecular flexibility index (Phi) is 4.10. The van der Waals surface area contributed by atoms with Gasteiger partial charge in [-0.05, 0) is 49.1 Å². The fraction of sp³-hybridized carbons (Fsp3) is 0.235. The van der Waals surface area contributed by atoms with Gasteiger partial charge in [0, 0.05) is 6.42 Å². The van der Waals surface area contributed by atoms with Crippen LogP contribution < -0.4 is 0 Å². The highest BCUT2D eigenvalue weighted by Crippen LogP contribution is 2.16. The predicted molar refractivity (Wildman–Crippen MR) is 75.0 cm³/mol. The van der Waals surface area contributed by atoms with Gasteiger partial charge in [-0.2, -0.15) is 0 Å². The number of carbonyl (C=O) groups excluding carboxylic acids is 1. The van der Waals surface area contributed by atoms with Gasteiger partial charge < -0.3 is 0 Å². The minimum atomic E-state index is -0.437. The maximum Gasteiger partial charge on any atom is 0.166 e. The Morgan fingerprint density at radius 3 is 2.53 bits per heavy atom. The van der Waals surface area contributed by atoms with E-state index in [1.54, 1.807) is 18.2 Å². The van der Waals surface area contributed by atoms with Crippen LogP contribution in [0, 0.1) is 19.7 Å². The molecule has 2 aromatic rings. The summed E-state index contributed by atoms with van der Waals surface area (Å²) in [6.45, 7) is 4.11. The highest BCUT2D eigenvalue weighted by atomic mass is 19.1. The number of hydrogen-bond donors (Lipinski definition) is 0. The van der Waals surface area contributed by atoms with Crippen molar-refractivity contribution >= 4 is 5.78 Å². The second-order valence-electron chi connectivity index (χ2n) is 4.76. The maximum atomic E-state index is 13.5. The van der Waals surface area contributed by atoms with Gasteiger partial charge in [-0.15, -0.1) is 0 Å². The van der Waals surface area contributed by atoms with Crippen molar-refractivity contribution in [1.29, 1.82) is 0 Å². The van der Waals surface area contributed by atoms with Crippen LogP contribution in [0.5, 0.6) is 0 Å².